The molecule has 1 aliphatic rings. The molecular weight excluding hydrogens is 264 g/mol. The molecule has 0 amide bonds. The minimum atomic E-state index is 0.608. The van der Waals surface area contributed by atoms with Crippen LogP contribution in [-0.2, 0) is 0 Å². The van der Waals surface area contributed by atoms with E-state index < -0.39 is 0 Å². The molecule has 0 saturated heterocycles. The summed E-state index contributed by atoms with van der Waals surface area (Å²) in [6.45, 7) is 4.34. The van der Waals surface area contributed by atoms with Gasteiger partial charge in [-0.3, -0.25) is 4.98 Å². The van der Waals surface area contributed by atoms with Crippen LogP contribution in [0.1, 0.15) is 18.9 Å². The van der Waals surface area contributed by atoms with E-state index in [1.54, 1.807) is 12.5 Å². The maximum absolute atomic E-state index is 5.45. The fraction of sp³-hybridized carbons (Fsp3) is 0.312. The summed E-state index contributed by atoms with van der Waals surface area (Å²) in [5.74, 6) is 1.53. The van der Waals surface area contributed by atoms with E-state index in [0.29, 0.717) is 12.5 Å². The molecule has 1 aliphatic heterocycles. The van der Waals surface area contributed by atoms with Crippen molar-refractivity contribution in [1.29, 1.82) is 0 Å². The molecule has 2 aromatic heterocycles. The Morgan fingerprint density at radius 3 is 3.10 bits per heavy atom. The van der Waals surface area contributed by atoms with Gasteiger partial charge < -0.3 is 9.64 Å². The maximum Gasteiger partial charge on any atom is 0.218 e. The number of hydrogen-bond donors (Lipinski definition) is 0. The number of rotatable bonds is 4. The first-order valence-electron chi connectivity index (χ1n) is 7.16. The van der Waals surface area contributed by atoms with Crippen molar-refractivity contribution >= 4 is 11.4 Å². The van der Waals surface area contributed by atoms with E-state index >= 15 is 0 Å². The van der Waals surface area contributed by atoms with Crippen LogP contribution < -0.4 is 9.64 Å². The smallest absolute Gasteiger partial charge is 0.218 e. The fourth-order valence-corrected chi connectivity index (χ4v) is 2.43. The standard InChI is InChI=1S/C16H18N4O/c1-2-21-16-9-15(18-12-19-16)20-8-4-6-14(11-20)13-5-3-7-17-10-13/h3,5-7,9-10,12H,2,4,8,11H2,1H3. The average molecular weight is 282 g/mol. The third-order valence-corrected chi connectivity index (χ3v) is 3.43. The lowest BCUT2D eigenvalue weighted by Gasteiger charge is -2.28. The molecule has 0 aromatic carbocycles. The summed E-state index contributed by atoms with van der Waals surface area (Å²) < 4.78 is 5.45. The van der Waals surface area contributed by atoms with Crippen molar-refractivity contribution < 1.29 is 4.74 Å². The van der Waals surface area contributed by atoms with Crippen LogP contribution in [0.15, 0.2) is 43.0 Å². The van der Waals surface area contributed by atoms with Crippen LogP contribution in [0.25, 0.3) is 5.57 Å². The van der Waals surface area contributed by atoms with Gasteiger partial charge in [0.15, 0.2) is 0 Å². The highest BCUT2D eigenvalue weighted by molar-refractivity contribution is 5.70. The monoisotopic (exact) mass is 282 g/mol. The third-order valence-electron chi connectivity index (χ3n) is 3.43. The van der Waals surface area contributed by atoms with Crippen molar-refractivity contribution in [1.82, 2.24) is 15.0 Å². The van der Waals surface area contributed by atoms with Gasteiger partial charge >= 0.3 is 0 Å². The molecule has 0 spiro atoms. The first-order valence-corrected chi connectivity index (χ1v) is 7.16. The topological polar surface area (TPSA) is 51.1 Å². The van der Waals surface area contributed by atoms with Crippen LogP contribution >= 0.6 is 0 Å². The lowest BCUT2D eigenvalue weighted by molar-refractivity contribution is 0.326. The van der Waals surface area contributed by atoms with Crippen molar-refractivity contribution in [2.75, 3.05) is 24.6 Å². The molecule has 0 radical (unpaired) electrons. The Morgan fingerprint density at radius 1 is 1.33 bits per heavy atom. The number of pyridine rings is 1. The van der Waals surface area contributed by atoms with Crippen molar-refractivity contribution in [3.05, 3.63) is 48.6 Å². The van der Waals surface area contributed by atoms with Gasteiger partial charge in [0.1, 0.15) is 12.1 Å². The summed E-state index contributed by atoms with van der Waals surface area (Å²) in [5, 5.41) is 0. The predicted molar refractivity (Wildman–Crippen MR) is 82.2 cm³/mol. The normalized spacial score (nSPS) is 14.7. The van der Waals surface area contributed by atoms with Gasteiger partial charge in [0.2, 0.25) is 5.88 Å². The number of nitrogens with zero attached hydrogens (tertiary/aromatic N) is 4. The second kappa shape index (κ2) is 6.35. The van der Waals surface area contributed by atoms with Gasteiger partial charge in [-0.2, -0.15) is 0 Å². The quantitative estimate of drug-likeness (QED) is 0.862. The van der Waals surface area contributed by atoms with Gasteiger partial charge in [0.25, 0.3) is 0 Å². The molecule has 0 N–H and O–H groups in total. The van der Waals surface area contributed by atoms with Gasteiger partial charge in [-0.15, -0.1) is 0 Å². The Morgan fingerprint density at radius 2 is 2.29 bits per heavy atom. The number of ether oxygens (including phenoxy) is 1. The molecule has 0 unspecified atom stereocenters. The third kappa shape index (κ3) is 3.18. The molecule has 108 valence electrons. The van der Waals surface area contributed by atoms with Crippen LogP contribution in [0, 0.1) is 0 Å². The predicted octanol–water partition coefficient (Wildman–Crippen LogP) is 2.56. The highest BCUT2D eigenvalue weighted by Crippen LogP contribution is 2.24. The van der Waals surface area contributed by atoms with E-state index in [2.05, 4.69) is 32.0 Å². The lowest BCUT2D eigenvalue weighted by atomic mass is 10.0. The molecule has 2 aromatic rings. The first kappa shape index (κ1) is 13.5. The van der Waals surface area contributed by atoms with E-state index in [9.17, 15) is 0 Å². The fourth-order valence-electron chi connectivity index (χ4n) is 2.43. The molecule has 0 saturated carbocycles. The zero-order valence-corrected chi connectivity index (χ0v) is 12.1. The van der Waals surface area contributed by atoms with Gasteiger partial charge in [-0.1, -0.05) is 12.1 Å². The van der Waals surface area contributed by atoms with Crippen LogP contribution in [0.5, 0.6) is 5.88 Å². The summed E-state index contributed by atoms with van der Waals surface area (Å²) in [5.41, 5.74) is 2.45. The van der Waals surface area contributed by atoms with Gasteiger partial charge in [-0.25, -0.2) is 9.97 Å². The molecule has 3 rings (SSSR count). The Kier molecular flexibility index (Phi) is 4.09. The zero-order chi connectivity index (χ0) is 14.5. The minimum absolute atomic E-state index is 0.608. The highest BCUT2D eigenvalue weighted by atomic mass is 16.5. The molecule has 0 fully saturated rings. The summed E-state index contributed by atoms with van der Waals surface area (Å²) in [7, 11) is 0. The number of hydrogen-bond acceptors (Lipinski definition) is 5. The van der Waals surface area contributed by atoms with Crippen LogP contribution in [0.3, 0.4) is 0 Å². The van der Waals surface area contributed by atoms with Crippen molar-refractivity contribution in [3.8, 4) is 5.88 Å². The molecular formula is C16H18N4O. The SMILES string of the molecule is CCOc1cc(N2CCC=C(c3cccnc3)C2)ncn1. The maximum atomic E-state index is 5.45. The van der Waals surface area contributed by atoms with E-state index in [1.807, 2.05) is 25.3 Å². The van der Waals surface area contributed by atoms with Gasteiger partial charge in [-0.05, 0) is 30.5 Å². The molecule has 0 bridgehead atoms. The highest BCUT2D eigenvalue weighted by Gasteiger charge is 2.16. The van der Waals surface area contributed by atoms with Crippen LogP contribution in [0.2, 0.25) is 0 Å². The van der Waals surface area contributed by atoms with Crippen molar-refractivity contribution in [2.24, 2.45) is 0 Å². The molecule has 5 heteroatoms. The van der Waals surface area contributed by atoms with Gasteiger partial charge in [0.05, 0.1) is 6.61 Å². The second-order valence-corrected chi connectivity index (χ2v) is 4.83. The largest absolute Gasteiger partial charge is 0.478 e. The van der Waals surface area contributed by atoms with Crippen LogP contribution in [0.4, 0.5) is 5.82 Å². The lowest BCUT2D eigenvalue weighted by Crippen LogP contribution is -2.30. The summed E-state index contributed by atoms with van der Waals surface area (Å²) in [4.78, 5) is 14.9. The Balaban J connectivity index is 1.79. The van der Waals surface area contributed by atoms with Gasteiger partial charge in [0, 0.05) is 31.5 Å². The van der Waals surface area contributed by atoms with Crippen molar-refractivity contribution in [2.45, 2.75) is 13.3 Å². The second-order valence-electron chi connectivity index (χ2n) is 4.83. The molecule has 5 nitrogen and oxygen atoms in total. The molecule has 0 aliphatic carbocycles. The van der Waals surface area contributed by atoms with E-state index in [1.165, 1.54) is 11.1 Å². The first-order chi connectivity index (χ1) is 10.4. The van der Waals surface area contributed by atoms with E-state index in [-0.39, 0.29) is 0 Å². The summed E-state index contributed by atoms with van der Waals surface area (Å²) in [6.07, 6.45) is 8.53. The van der Waals surface area contributed by atoms with E-state index in [0.717, 1.165) is 25.3 Å². The minimum Gasteiger partial charge on any atom is -0.478 e. The molecule has 3 heterocycles. The Hall–Kier alpha value is -2.43. The Bertz CT molecular complexity index is 627. The number of aromatic nitrogens is 3. The Labute approximate surface area is 124 Å². The molecule has 0 atom stereocenters. The van der Waals surface area contributed by atoms with E-state index in [4.69, 9.17) is 4.74 Å². The molecule has 21 heavy (non-hydrogen) atoms. The average Bonchev–Trinajstić information content (AvgIpc) is 2.56. The van der Waals surface area contributed by atoms with Crippen molar-refractivity contribution in [3.63, 3.8) is 0 Å². The zero-order valence-electron chi connectivity index (χ0n) is 12.1. The van der Waals surface area contributed by atoms with Crippen LogP contribution in [-0.4, -0.2) is 34.6 Å². The number of anilines is 1. The summed E-state index contributed by atoms with van der Waals surface area (Å²) in [6, 6.07) is 5.95. The summed E-state index contributed by atoms with van der Waals surface area (Å²) >= 11 is 0.